The second-order valence-electron chi connectivity index (χ2n) is 2.47. The quantitative estimate of drug-likeness (QED) is 0.816. The third-order valence-electron chi connectivity index (χ3n) is 1.55. The van der Waals surface area contributed by atoms with Crippen molar-refractivity contribution in [1.29, 1.82) is 5.26 Å². The van der Waals surface area contributed by atoms with Gasteiger partial charge < -0.3 is 5.11 Å². The maximum absolute atomic E-state index is 13.0. The first kappa shape index (κ1) is 11.0. The Kier molecular flexibility index (Phi) is 2.90. The molecule has 0 aliphatic heterocycles. The van der Waals surface area contributed by atoms with Gasteiger partial charge in [-0.15, -0.1) is 0 Å². The minimum absolute atomic E-state index is 0.352. The van der Waals surface area contributed by atoms with Crippen LogP contribution in [0.25, 0.3) is 0 Å². The van der Waals surface area contributed by atoms with E-state index < -0.39 is 35.2 Å². The fourth-order valence-electron chi connectivity index (χ4n) is 0.926. The highest BCUT2D eigenvalue weighted by Crippen LogP contribution is 2.24. The zero-order valence-electron chi connectivity index (χ0n) is 7.04. The van der Waals surface area contributed by atoms with Crippen molar-refractivity contribution in [3.8, 4) is 6.07 Å². The Balaban J connectivity index is 3.46. The minimum Gasteiger partial charge on any atom is -0.477 e. The van der Waals surface area contributed by atoms with Crippen LogP contribution in [0.5, 0.6) is 0 Å². The molecule has 0 saturated carbocycles. The average molecular weight is 216 g/mol. The molecule has 0 spiro atoms. The van der Waals surface area contributed by atoms with Gasteiger partial charge in [0.05, 0.1) is 5.56 Å². The SMILES string of the molecule is N#Cc1nc(C(=O)O)cc(F)c1C(F)F. The number of hydrogen-bond acceptors (Lipinski definition) is 3. The molecule has 0 unspecified atom stereocenters. The lowest BCUT2D eigenvalue weighted by Crippen LogP contribution is -2.07. The highest BCUT2D eigenvalue weighted by atomic mass is 19.3. The summed E-state index contributed by atoms with van der Waals surface area (Å²) < 4.78 is 37.4. The number of carboxylic acids is 1. The van der Waals surface area contributed by atoms with Crippen LogP contribution in [0.1, 0.15) is 28.2 Å². The molecule has 78 valence electrons. The van der Waals surface area contributed by atoms with Crippen LogP contribution in [0.4, 0.5) is 13.2 Å². The number of hydrogen-bond donors (Lipinski definition) is 1. The second kappa shape index (κ2) is 3.96. The van der Waals surface area contributed by atoms with Crippen LogP contribution in [0.3, 0.4) is 0 Å². The minimum atomic E-state index is -3.21. The Morgan fingerprint density at radius 2 is 2.20 bits per heavy atom. The van der Waals surface area contributed by atoms with Gasteiger partial charge in [0.25, 0.3) is 6.43 Å². The number of pyridine rings is 1. The maximum atomic E-state index is 13.0. The molecular formula is C8H3F3N2O2. The molecule has 0 bridgehead atoms. The summed E-state index contributed by atoms with van der Waals surface area (Å²) in [5.41, 5.74) is -2.88. The lowest BCUT2D eigenvalue weighted by atomic mass is 10.1. The van der Waals surface area contributed by atoms with Gasteiger partial charge in [-0.05, 0) is 0 Å². The topological polar surface area (TPSA) is 74.0 Å². The molecule has 0 radical (unpaired) electrons. The number of alkyl halides is 2. The van der Waals surface area contributed by atoms with Crippen LogP contribution in [-0.4, -0.2) is 16.1 Å². The number of nitrogens with zero attached hydrogens (tertiary/aromatic N) is 2. The summed E-state index contributed by atoms with van der Waals surface area (Å²) in [4.78, 5) is 13.5. The molecule has 1 aromatic rings. The number of nitriles is 1. The summed E-state index contributed by atoms with van der Waals surface area (Å²) in [5.74, 6) is -3.04. The normalized spacial score (nSPS) is 10.1. The lowest BCUT2D eigenvalue weighted by Gasteiger charge is -2.04. The van der Waals surface area contributed by atoms with Gasteiger partial charge in [0.15, 0.2) is 11.4 Å². The monoisotopic (exact) mass is 216 g/mol. The Labute approximate surface area is 81.6 Å². The lowest BCUT2D eigenvalue weighted by molar-refractivity contribution is 0.0688. The summed E-state index contributed by atoms with van der Waals surface area (Å²) in [6.07, 6.45) is -3.21. The van der Waals surface area contributed by atoms with Crippen molar-refractivity contribution in [2.75, 3.05) is 0 Å². The first-order valence-electron chi connectivity index (χ1n) is 3.59. The molecule has 0 amide bonds. The zero-order chi connectivity index (χ0) is 11.6. The third kappa shape index (κ3) is 2.04. The molecule has 7 heteroatoms. The van der Waals surface area contributed by atoms with E-state index in [1.54, 1.807) is 0 Å². The molecule has 1 aromatic heterocycles. The number of halogens is 3. The first-order valence-corrected chi connectivity index (χ1v) is 3.59. The van der Waals surface area contributed by atoms with E-state index >= 15 is 0 Å². The predicted octanol–water partition coefficient (Wildman–Crippen LogP) is 1.73. The largest absolute Gasteiger partial charge is 0.477 e. The molecule has 1 rings (SSSR count). The maximum Gasteiger partial charge on any atom is 0.354 e. The fourth-order valence-corrected chi connectivity index (χ4v) is 0.926. The average Bonchev–Trinajstić information content (AvgIpc) is 2.15. The van der Waals surface area contributed by atoms with Gasteiger partial charge in [-0.1, -0.05) is 0 Å². The van der Waals surface area contributed by atoms with Crippen molar-refractivity contribution in [2.45, 2.75) is 6.43 Å². The number of rotatable bonds is 2. The third-order valence-corrected chi connectivity index (χ3v) is 1.55. The van der Waals surface area contributed by atoms with E-state index in [4.69, 9.17) is 10.4 Å². The summed E-state index contributed by atoms with van der Waals surface area (Å²) in [5, 5.41) is 16.8. The smallest absolute Gasteiger partial charge is 0.354 e. The van der Waals surface area contributed by atoms with Gasteiger partial charge in [-0.2, -0.15) is 5.26 Å². The summed E-state index contributed by atoms with van der Waals surface area (Å²) in [6.45, 7) is 0. The Morgan fingerprint density at radius 1 is 1.60 bits per heavy atom. The molecule has 4 nitrogen and oxygen atoms in total. The number of carboxylic acid groups (broad SMARTS) is 1. The van der Waals surface area contributed by atoms with Crippen molar-refractivity contribution in [3.05, 3.63) is 28.8 Å². The highest BCUT2D eigenvalue weighted by molar-refractivity contribution is 5.85. The summed E-state index contributed by atoms with van der Waals surface area (Å²) in [7, 11) is 0. The predicted molar refractivity (Wildman–Crippen MR) is 40.8 cm³/mol. The molecule has 0 aromatic carbocycles. The molecule has 0 atom stereocenters. The summed E-state index contributed by atoms with van der Waals surface area (Å²) >= 11 is 0. The first-order chi connectivity index (χ1) is 6.97. The van der Waals surface area contributed by atoms with Crippen molar-refractivity contribution in [3.63, 3.8) is 0 Å². The van der Waals surface area contributed by atoms with E-state index in [1.807, 2.05) is 0 Å². The van der Waals surface area contributed by atoms with E-state index in [9.17, 15) is 18.0 Å². The van der Waals surface area contributed by atoms with Crippen molar-refractivity contribution >= 4 is 5.97 Å². The molecular weight excluding hydrogens is 213 g/mol. The van der Waals surface area contributed by atoms with E-state index in [0.29, 0.717) is 6.07 Å². The zero-order valence-corrected chi connectivity index (χ0v) is 7.04. The van der Waals surface area contributed by atoms with Gasteiger partial charge >= 0.3 is 5.97 Å². The standard InChI is InChI=1S/C8H3F3N2O2/c9-3-1-4(8(14)15)13-5(2-12)6(3)7(10)11/h1,7H,(H,14,15). The molecule has 0 aliphatic carbocycles. The van der Waals surface area contributed by atoms with E-state index in [0.717, 1.165) is 0 Å². The Hall–Kier alpha value is -2.10. The van der Waals surface area contributed by atoms with Gasteiger partial charge in [-0.3, -0.25) is 0 Å². The van der Waals surface area contributed by atoms with Crippen molar-refractivity contribution < 1.29 is 23.1 Å². The number of aromatic carboxylic acids is 1. The van der Waals surface area contributed by atoms with E-state index in [-0.39, 0.29) is 0 Å². The van der Waals surface area contributed by atoms with Gasteiger partial charge in [0.1, 0.15) is 11.9 Å². The van der Waals surface area contributed by atoms with Crippen molar-refractivity contribution in [1.82, 2.24) is 4.98 Å². The second-order valence-corrected chi connectivity index (χ2v) is 2.47. The fraction of sp³-hybridized carbons (Fsp3) is 0.125. The Morgan fingerprint density at radius 3 is 2.60 bits per heavy atom. The van der Waals surface area contributed by atoms with Crippen LogP contribution in [-0.2, 0) is 0 Å². The van der Waals surface area contributed by atoms with Crippen LogP contribution in [0.15, 0.2) is 6.07 Å². The van der Waals surface area contributed by atoms with Crippen LogP contribution in [0, 0.1) is 17.1 Å². The number of aromatic nitrogens is 1. The molecule has 0 fully saturated rings. The van der Waals surface area contributed by atoms with E-state index in [1.165, 1.54) is 6.07 Å². The molecule has 1 N–H and O–H groups in total. The van der Waals surface area contributed by atoms with Crippen LogP contribution in [0.2, 0.25) is 0 Å². The molecule has 0 aliphatic rings. The number of carbonyl (C=O) groups is 1. The molecule has 0 saturated heterocycles. The van der Waals surface area contributed by atoms with Crippen LogP contribution < -0.4 is 0 Å². The Bertz CT molecular complexity index is 454. The molecule has 1 heterocycles. The molecule has 15 heavy (non-hydrogen) atoms. The summed E-state index contributed by atoms with van der Waals surface area (Å²) in [6, 6.07) is 1.57. The van der Waals surface area contributed by atoms with E-state index in [2.05, 4.69) is 4.98 Å². The highest BCUT2D eigenvalue weighted by Gasteiger charge is 2.22. The van der Waals surface area contributed by atoms with Crippen LogP contribution >= 0.6 is 0 Å². The van der Waals surface area contributed by atoms with Crippen molar-refractivity contribution in [2.24, 2.45) is 0 Å². The van der Waals surface area contributed by atoms with Gasteiger partial charge in [0, 0.05) is 6.07 Å². The van der Waals surface area contributed by atoms with Gasteiger partial charge in [0.2, 0.25) is 0 Å². The van der Waals surface area contributed by atoms with Gasteiger partial charge in [-0.25, -0.2) is 22.9 Å².